The summed E-state index contributed by atoms with van der Waals surface area (Å²) in [5, 5.41) is 11.2. The van der Waals surface area contributed by atoms with Crippen LogP contribution in [0.3, 0.4) is 0 Å². The molecule has 0 unspecified atom stereocenters. The van der Waals surface area contributed by atoms with E-state index in [9.17, 15) is 0 Å². The maximum Gasteiger partial charge on any atom is 0.163 e. The van der Waals surface area contributed by atoms with Crippen LogP contribution in [-0.4, -0.2) is 22.6 Å². The molecule has 5 heteroatoms. The number of fused-ring (bicyclic) bond motifs is 7. The molecule has 2 heterocycles. The molecule has 1 N–H and O–H groups in total. The zero-order chi connectivity index (χ0) is 31.0. The van der Waals surface area contributed by atoms with Gasteiger partial charge in [-0.15, -0.1) is 0 Å². The van der Waals surface area contributed by atoms with Crippen LogP contribution in [0.25, 0.3) is 38.6 Å². The number of rotatable bonds is 4. The quantitative estimate of drug-likeness (QED) is 0.160. The number of aryl methyl sites for hydroxylation is 1. The van der Waals surface area contributed by atoms with Crippen LogP contribution in [0, 0.1) is 12.3 Å². The summed E-state index contributed by atoms with van der Waals surface area (Å²) < 4.78 is 2.43. The molecule has 5 nitrogen and oxygen atoms in total. The van der Waals surface area contributed by atoms with Gasteiger partial charge in [0.2, 0.25) is 0 Å². The number of amidine groups is 2. The van der Waals surface area contributed by atoms with Gasteiger partial charge in [-0.25, -0.2) is 9.98 Å². The summed E-state index contributed by atoms with van der Waals surface area (Å²) >= 11 is 0. The molecule has 0 fully saturated rings. The Morgan fingerprint density at radius 3 is 2.07 bits per heavy atom. The molecule has 0 spiro atoms. The summed E-state index contributed by atoms with van der Waals surface area (Å²) in [4.78, 5) is 11.9. The number of benzene rings is 6. The fourth-order valence-electron chi connectivity index (χ4n) is 6.56. The summed E-state index contributed by atoms with van der Waals surface area (Å²) in [6.07, 6.45) is 1.88. The lowest BCUT2D eigenvalue weighted by atomic mass is 9.91. The monoisotopic (exact) mass is 593 g/mol. The van der Waals surface area contributed by atoms with Gasteiger partial charge in [0.05, 0.1) is 29.6 Å². The van der Waals surface area contributed by atoms with Gasteiger partial charge < -0.3 is 9.47 Å². The van der Waals surface area contributed by atoms with Crippen molar-refractivity contribution in [3.05, 3.63) is 168 Å². The van der Waals surface area contributed by atoms with Gasteiger partial charge in [0.1, 0.15) is 0 Å². The van der Waals surface area contributed by atoms with Crippen LogP contribution >= 0.6 is 0 Å². The number of hydrogen-bond donors (Lipinski definition) is 1. The number of nitrogens with zero attached hydrogens (tertiary/aromatic N) is 4. The van der Waals surface area contributed by atoms with Crippen LogP contribution in [0.4, 0.5) is 5.69 Å². The lowest BCUT2D eigenvalue weighted by molar-refractivity contribution is 1.000. The second-order valence-electron chi connectivity index (χ2n) is 11.5. The number of aromatic nitrogens is 1. The van der Waals surface area contributed by atoms with Crippen molar-refractivity contribution in [2.24, 2.45) is 9.98 Å². The van der Waals surface area contributed by atoms with Gasteiger partial charge in [-0.1, -0.05) is 127 Å². The van der Waals surface area contributed by atoms with Gasteiger partial charge in [0.25, 0.3) is 0 Å². The van der Waals surface area contributed by atoms with Crippen molar-refractivity contribution in [1.29, 1.82) is 5.41 Å². The van der Waals surface area contributed by atoms with E-state index in [1.807, 2.05) is 67.0 Å². The minimum Gasteiger partial charge on any atom is -0.327 e. The average molecular weight is 594 g/mol. The molecule has 6 aromatic carbocycles. The highest BCUT2D eigenvalue weighted by molar-refractivity contribution is 6.15. The van der Waals surface area contributed by atoms with Crippen molar-refractivity contribution in [2.45, 2.75) is 13.5 Å². The second-order valence-corrected chi connectivity index (χ2v) is 11.5. The Bertz CT molecular complexity index is 2310. The van der Waals surface area contributed by atoms with E-state index in [0.717, 1.165) is 22.4 Å². The Morgan fingerprint density at radius 1 is 0.630 bits per heavy atom. The first-order valence-corrected chi connectivity index (χ1v) is 15.5. The van der Waals surface area contributed by atoms with E-state index in [2.05, 4.69) is 101 Å². The van der Waals surface area contributed by atoms with Crippen LogP contribution in [-0.2, 0) is 6.54 Å². The van der Waals surface area contributed by atoms with Crippen LogP contribution in [0.1, 0.15) is 22.3 Å². The maximum absolute atomic E-state index is 8.73. The number of aliphatic imine (C=N–C) groups is 2. The summed E-state index contributed by atoms with van der Waals surface area (Å²) in [6.45, 7) is 2.81. The highest BCUT2D eigenvalue weighted by Gasteiger charge is 2.26. The zero-order valence-electron chi connectivity index (χ0n) is 25.4. The third kappa shape index (κ3) is 4.70. The largest absolute Gasteiger partial charge is 0.327 e. The molecule has 7 aromatic rings. The number of nitrogens with one attached hydrogen (secondary N) is 1. The maximum atomic E-state index is 8.73. The van der Waals surface area contributed by atoms with Gasteiger partial charge in [-0.3, -0.25) is 5.41 Å². The van der Waals surface area contributed by atoms with Crippen LogP contribution < -0.4 is 4.90 Å². The Labute approximate surface area is 267 Å². The molecule has 1 aliphatic heterocycles. The third-order valence-corrected chi connectivity index (χ3v) is 8.75. The van der Waals surface area contributed by atoms with Crippen LogP contribution in [0.5, 0.6) is 0 Å². The van der Waals surface area contributed by atoms with E-state index < -0.39 is 0 Å². The first-order chi connectivity index (χ1) is 22.7. The topological polar surface area (TPSA) is 56.7 Å². The van der Waals surface area contributed by atoms with Crippen molar-refractivity contribution >= 4 is 45.5 Å². The molecular weight excluding hydrogens is 562 g/mol. The second kappa shape index (κ2) is 11.5. The van der Waals surface area contributed by atoms with Crippen molar-refractivity contribution in [1.82, 2.24) is 4.57 Å². The SMILES string of the molecule is Cc1ccccc1-n1c2ccccc2c2ccc3c(c21)CN(/C=N/C(=N\C(=N)c1ccccc1)c1ccccc1)c1ccccc1-3. The highest BCUT2D eigenvalue weighted by Crippen LogP contribution is 2.44. The zero-order valence-corrected chi connectivity index (χ0v) is 25.4. The smallest absolute Gasteiger partial charge is 0.163 e. The lowest BCUT2D eigenvalue weighted by Crippen LogP contribution is -2.26. The van der Waals surface area contributed by atoms with Gasteiger partial charge >= 0.3 is 0 Å². The third-order valence-electron chi connectivity index (χ3n) is 8.75. The Balaban J connectivity index is 1.31. The summed E-state index contributed by atoms with van der Waals surface area (Å²) in [5.74, 6) is 0.662. The highest BCUT2D eigenvalue weighted by atomic mass is 15.2. The molecule has 0 bridgehead atoms. The molecule has 0 radical (unpaired) electrons. The van der Waals surface area contributed by atoms with Crippen molar-refractivity contribution < 1.29 is 0 Å². The summed E-state index contributed by atoms with van der Waals surface area (Å²) in [5.41, 5.74) is 11.1. The first kappa shape index (κ1) is 27.5. The molecule has 220 valence electrons. The standard InChI is InChI=1S/C41H31N5/c1-28-14-8-11-21-36(28)46-38-23-13-10-20-33(38)34-25-24-31-32-19-9-12-22-37(32)45(26-35(31)39(34)46)27-43-41(30-17-6-3-7-18-30)44-40(42)29-15-4-2-5-16-29/h2-25,27,42H,26H2,1H3/b42-40?,43-27+,44-41-. The molecule has 0 saturated heterocycles. The van der Waals surface area contributed by atoms with E-state index in [1.165, 1.54) is 44.2 Å². The number of hydrogen-bond acceptors (Lipinski definition) is 1. The Hall–Kier alpha value is -6.07. The predicted molar refractivity (Wildman–Crippen MR) is 192 cm³/mol. The summed E-state index contributed by atoms with van der Waals surface area (Å²) in [7, 11) is 0. The van der Waals surface area contributed by atoms with Crippen LogP contribution in [0.2, 0.25) is 0 Å². The van der Waals surface area contributed by atoms with E-state index in [-0.39, 0.29) is 5.84 Å². The fraction of sp³-hybridized carbons (Fsp3) is 0.0488. The van der Waals surface area contributed by atoms with Gasteiger partial charge in [0, 0.05) is 38.7 Å². The molecule has 46 heavy (non-hydrogen) atoms. The minimum absolute atomic E-state index is 0.172. The van der Waals surface area contributed by atoms with Crippen molar-refractivity contribution in [2.75, 3.05) is 4.90 Å². The first-order valence-electron chi connectivity index (χ1n) is 15.5. The predicted octanol–water partition coefficient (Wildman–Crippen LogP) is 9.58. The molecule has 8 rings (SSSR count). The molecule has 1 aliphatic rings. The molecule has 1 aromatic heterocycles. The number of anilines is 1. The van der Waals surface area contributed by atoms with Crippen molar-refractivity contribution in [3.63, 3.8) is 0 Å². The molecule has 0 atom stereocenters. The molecule has 0 amide bonds. The molecule has 0 aliphatic carbocycles. The van der Waals surface area contributed by atoms with Gasteiger partial charge in [-0.05, 0) is 36.2 Å². The lowest BCUT2D eigenvalue weighted by Gasteiger charge is -2.30. The normalized spacial score (nSPS) is 12.9. The minimum atomic E-state index is 0.172. The molecule has 0 saturated carbocycles. The number of para-hydroxylation sites is 3. The van der Waals surface area contributed by atoms with Crippen LogP contribution in [0.15, 0.2) is 156 Å². The Morgan fingerprint density at radius 2 is 1.28 bits per heavy atom. The van der Waals surface area contributed by atoms with E-state index >= 15 is 0 Å². The van der Waals surface area contributed by atoms with Gasteiger partial charge in [-0.2, -0.15) is 0 Å². The Kier molecular flexibility index (Phi) is 6.84. The molecular formula is C41H31N5. The van der Waals surface area contributed by atoms with Gasteiger partial charge in [0.15, 0.2) is 11.7 Å². The van der Waals surface area contributed by atoms with E-state index in [4.69, 9.17) is 15.4 Å². The fourth-order valence-corrected chi connectivity index (χ4v) is 6.56. The average Bonchev–Trinajstić information content (AvgIpc) is 3.45. The summed E-state index contributed by atoms with van der Waals surface area (Å²) in [6, 6.07) is 49.8. The van der Waals surface area contributed by atoms with E-state index in [1.54, 1.807) is 0 Å². The van der Waals surface area contributed by atoms with Crippen molar-refractivity contribution in [3.8, 4) is 16.8 Å². The van der Waals surface area contributed by atoms with E-state index in [0.29, 0.717) is 12.4 Å².